The van der Waals surface area contributed by atoms with Crippen molar-refractivity contribution in [2.24, 2.45) is 18.9 Å². The first-order valence-corrected chi connectivity index (χ1v) is 8.84. The quantitative estimate of drug-likeness (QED) is 0.787. The van der Waals surface area contributed by atoms with Gasteiger partial charge in [-0.15, -0.1) is 0 Å². The Kier molecular flexibility index (Phi) is 3.76. The average molecular weight is 311 g/mol. The minimum atomic E-state index is 0.154. The fraction of sp³-hybridized carbons (Fsp3) is 0.550. The van der Waals surface area contributed by atoms with E-state index >= 15 is 0 Å². The molecule has 0 radical (unpaired) electrons. The van der Waals surface area contributed by atoms with Gasteiger partial charge in [-0.25, -0.2) is 0 Å². The maximum atomic E-state index is 11.8. The SMILES string of the molecule is CC(=O)c1ccc2c(c1)c1c(n2C)CCC(C2CCOCC2)C1. The molecule has 1 aromatic carbocycles. The third kappa shape index (κ3) is 2.51. The Morgan fingerprint density at radius 3 is 2.70 bits per heavy atom. The summed E-state index contributed by atoms with van der Waals surface area (Å²) in [5.74, 6) is 1.74. The van der Waals surface area contributed by atoms with Crippen LogP contribution in [0.4, 0.5) is 0 Å². The first-order valence-electron chi connectivity index (χ1n) is 8.84. The molecule has 0 bridgehead atoms. The van der Waals surface area contributed by atoms with Crippen LogP contribution >= 0.6 is 0 Å². The molecular weight excluding hydrogens is 286 g/mol. The van der Waals surface area contributed by atoms with Crippen molar-refractivity contribution in [1.29, 1.82) is 0 Å². The van der Waals surface area contributed by atoms with Crippen LogP contribution in [-0.4, -0.2) is 23.6 Å². The summed E-state index contributed by atoms with van der Waals surface area (Å²) in [5, 5.41) is 1.30. The van der Waals surface area contributed by atoms with Gasteiger partial charge in [0.1, 0.15) is 0 Å². The minimum Gasteiger partial charge on any atom is -0.381 e. The molecule has 1 fully saturated rings. The summed E-state index contributed by atoms with van der Waals surface area (Å²) in [6.07, 6.45) is 6.05. The van der Waals surface area contributed by atoms with Gasteiger partial charge in [0.2, 0.25) is 0 Å². The maximum absolute atomic E-state index is 11.8. The van der Waals surface area contributed by atoms with Gasteiger partial charge in [0.25, 0.3) is 0 Å². The van der Waals surface area contributed by atoms with Crippen molar-refractivity contribution in [1.82, 2.24) is 4.57 Å². The predicted molar refractivity (Wildman–Crippen MR) is 92.0 cm³/mol. The number of rotatable bonds is 2. The van der Waals surface area contributed by atoms with Crippen LogP contribution < -0.4 is 0 Å². The summed E-state index contributed by atoms with van der Waals surface area (Å²) >= 11 is 0. The van der Waals surface area contributed by atoms with Gasteiger partial charge >= 0.3 is 0 Å². The molecule has 2 aliphatic rings. The average Bonchev–Trinajstić information content (AvgIpc) is 2.87. The van der Waals surface area contributed by atoms with Gasteiger partial charge in [-0.05, 0) is 74.6 Å². The molecule has 0 N–H and O–H groups in total. The molecule has 1 aliphatic heterocycles. The Hall–Kier alpha value is -1.61. The van der Waals surface area contributed by atoms with Crippen molar-refractivity contribution in [2.45, 2.75) is 39.0 Å². The molecule has 0 amide bonds. The van der Waals surface area contributed by atoms with E-state index in [2.05, 4.69) is 23.7 Å². The molecule has 0 spiro atoms. The van der Waals surface area contributed by atoms with Crippen LogP contribution in [0.1, 0.15) is 47.8 Å². The van der Waals surface area contributed by atoms with Crippen LogP contribution in [0.2, 0.25) is 0 Å². The number of carbonyl (C=O) groups excluding carboxylic acids is 1. The molecule has 1 saturated heterocycles. The highest BCUT2D eigenvalue weighted by atomic mass is 16.5. The van der Waals surface area contributed by atoms with E-state index < -0.39 is 0 Å². The Morgan fingerprint density at radius 2 is 1.96 bits per heavy atom. The highest BCUT2D eigenvalue weighted by Gasteiger charge is 2.30. The van der Waals surface area contributed by atoms with Crippen molar-refractivity contribution in [2.75, 3.05) is 13.2 Å². The van der Waals surface area contributed by atoms with Gasteiger partial charge in [-0.2, -0.15) is 0 Å². The van der Waals surface area contributed by atoms with E-state index in [4.69, 9.17) is 4.74 Å². The van der Waals surface area contributed by atoms with Crippen molar-refractivity contribution < 1.29 is 9.53 Å². The van der Waals surface area contributed by atoms with E-state index in [9.17, 15) is 4.79 Å². The lowest BCUT2D eigenvalue weighted by molar-refractivity contribution is 0.0439. The lowest BCUT2D eigenvalue weighted by Crippen LogP contribution is -2.28. The molecule has 2 aromatic rings. The summed E-state index contributed by atoms with van der Waals surface area (Å²) in [6, 6.07) is 6.20. The number of ketones is 1. The summed E-state index contributed by atoms with van der Waals surface area (Å²) < 4.78 is 7.88. The molecule has 2 heterocycles. The molecule has 1 atom stereocenters. The second-order valence-electron chi connectivity index (χ2n) is 7.23. The number of hydrogen-bond acceptors (Lipinski definition) is 2. The van der Waals surface area contributed by atoms with Crippen molar-refractivity contribution in [3.63, 3.8) is 0 Å². The number of aryl methyl sites for hydroxylation is 1. The van der Waals surface area contributed by atoms with Crippen LogP contribution in [0.25, 0.3) is 10.9 Å². The fourth-order valence-corrected chi connectivity index (χ4v) is 4.61. The lowest BCUT2D eigenvalue weighted by atomic mass is 9.75. The normalized spacial score (nSPS) is 22.3. The van der Waals surface area contributed by atoms with E-state index in [0.29, 0.717) is 0 Å². The number of nitrogens with zero attached hydrogens (tertiary/aromatic N) is 1. The molecule has 3 heteroatoms. The maximum Gasteiger partial charge on any atom is 0.159 e. The fourth-order valence-electron chi connectivity index (χ4n) is 4.61. The van der Waals surface area contributed by atoms with Crippen LogP contribution in [0.5, 0.6) is 0 Å². The number of ether oxygens (including phenoxy) is 1. The highest BCUT2D eigenvalue weighted by Crippen LogP contribution is 2.39. The monoisotopic (exact) mass is 311 g/mol. The van der Waals surface area contributed by atoms with Crippen LogP contribution in [-0.2, 0) is 24.6 Å². The Morgan fingerprint density at radius 1 is 1.17 bits per heavy atom. The second-order valence-corrected chi connectivity index (χ2v) is 7.23. The number of hydrogen-bond donors (Lipinski definition) is 0. The van der Waals surface area contributed by atoms with E-state index in [-0.39, 0.29) is 5.78 Å². The lowest BCUT2D eigenvalue weighted by Gasteiger charge is -2.33. The van der Waals surface area contributed by atoms with E-state index in [1.807, 2.05) is 6.07 Å². The number of aromatic nitrogens is 1. The third-order valence-corrected chi connectivity index (χ3v) is 5.99. The standard InChI is InChI=1S/C20H25NO2/c1-13(22)15-3-5-19-17(11-15)18-12-16(4-6-20(18)21(19)2)14-7-9-23-10-8-14/h3,5,11,14,16H,4,6-10,12H2,1-2H3. The zero-order chi connectivity index (χ0) is 16.0. The van der Waals surface area contributed by atoms with Crippen molar-refractivity contribution >= 4 is 16.7 Å². The number of carbonyl (C=O) groups is 1. The van der Waals surface area contributed by atoms with Gasteiger partial charge in [-0.1, -0.05) is 0 Å². The number of benzene rings is 1. The third-order valence-electron chi connectivity index (χ3n) is 5.99. The van der Waals surface area contributed by atoms with Gasteiger partial charge in [0.15, 0.2) is 5.78 Å². The van der Waals surface area contributed by atoms with Crippen molar-refractivity contribution in [3.8, 4) is 0 Å². The molecule has 0 saturated carbocycles. The first-order chi connectivity index (χ1) is 11.1. The zero-order valence-corrected chi connectivity index (χ0v) is 14.1. The number of fused-ring (bicyclic) bond motifs is 3. The van der Waals surface area contributed by atoms with E-state index in [0.717, 1.165) is 37.0 Å². The van der Waals surface area contributed by atoms with Crippen molar-refractivity contribution in [3.05, 3.63) is 35.0 Å². The van der Waals surface area contributed by atoms with Crippen LogP contribution in [0.3, 0.4) is 0 Å². The van der Waals surface area contributed by atoms with Gasteiger partial charge in [0.05, 0.1) is 0 Å². The van der Waals surface area contributed by atoms with Crippen LogP contribution in [0, 0.1) is 11.8 Å². The Balaban J connectivity index is 1.73. The Bertz CT molecular complexity index is 753. The summed E-state index contributed by atoms with van der Waals surface area (Å²) in [5.41, 5.74) is 5.07. The van der Waals surface area contributed by atoms with Gasteiger partial charge < -0.3 is 9.30 Å². The summed E-state index contributed by atoms with van der Waals surface area (Å²) in [7, 11) is 2.17. The summed E-state index contributed by atoms with van der Waals surface area (Å²) in [4.78, 5) is 11.8. The molecule has 1 aliphatic carbocycles. The predicted octanol–water partition coefficient (Wildman–Crippen LogP) is 3.91. The smallest absolute Gasteiger partial charge is 0.159 e. The minimum absolute atomic E-state index is 0.154. The van der Waals surface area contributed by atoms with Crippen LogP contribution in [0.15, 0.2) is 18.2 Å². The molecular formula is C20H25NO2. The second kappa shape index (κ2) is 5.79. The van der Waals surface area contributed by atoms with Gasteiger partial charge in [0, 0.05) is 42.4 Å². The first kappa shape index (κ1) is 14.9. The molecule has 1 unspecified atom stereocenters. The highest BCUT2D eigenvalue weighted by molar-refractivity contribution is 5.99. The largest absolute Gasteiger partial charge is 0.381 e. The molecule has 1 aromatic heterocycles. The zero-order valence-electron chi connectivity index (χ0n) is 14.1. The summed E-state index contributed by atoms with van der Waals surface area (Å²) in [6.45, 7) is 3.51. The molecule has 4 rings (SSSR count). The topological polar surface area (TPSA) is 31.2 Å². The van der Waals surface area contributed by atoms with E-state index in [1.54, 1.807) is 6.92 Å². The molecule has 3 nitrogen and oxygen atoms in total. The van der Waals surface area contributed by atoms with E-state index in [1.165, 1.54) is 47.8 Å². The number of Topliss-reactive ketones (excluding diaryl/α,β-unsaturated/α-hetero) is 1. The van der Waals surface area contributed by atoms with Gasteiger partial charge in [-0.3, -0.25) is 4.79 Å². The molecule has 122 valence electrons. The Labute approximate surface area is 137 Å². The molecule has 23 heavy (non-hydrogen) atoms.